The molecular weight excluding hydrogens is 280 g/mol. The highest BCUT2D eigenvalue weighted by Gasteiger charge is 2.30. The molecule has 0 amide bonds. The van der Waals surface area contributed by atoms with Crippen LogP contribution >= 0.6 is 11.3 Å². The molecule has 2 saturated carbocycles. The first kappa shape index (κ1) is 15.4. The van der Waals surface area contributed by atoms with Gasteiger partial charge in [-0.3, -0.25) is 0 Å². The fraction of sp³-hybridized carbons (Fsp3) is 0.824. The van der Waals surface area contributed by atoms with Crippen molar-refractivity contribution in [3.8, 4) is 0 Å². The van der Waals surface area contributed by atoms with E-state index >= 15 is 0 Å². The zero-order chi connectivity index (χ0) is 14.9. The topological polar surface area (TPSA) is 34.1 Å². The predicted octanol–water partition coefficient (Wildman–Crippen LogP) is 4.23. The number of hydrogen-bond acceptors (Lipinski definition) is 4. The Morgan fingerprint density at radius 1 is 1.24 bits per heavy atom. The molecule has 21 heavy (non-hydrogen) atoms. The summed E-state index contributed by atoms with van der Waals surface area (Å²) in [5.41, 5.74) is 1.69. The second-order valence-electron chi connectivity index (χ2n) is 7.45. The van der Waals surface area contributed by atoms with Crippen molar-refractivity contribution in [2.24, 2.45) is 5.41 Å². The van der Waals surface area contributed by atoms with E-state index in [2.05, 4.69) is 19.2 Å². The maximum absolute atomic E-state index is 5.34. The summed E-state index contributed by atoms with van der Waals surface area (Å²) in [4.78, 5) is 6.32. The van der Waals surface area contributed by atoms with Crippen molar-refractivity contribution in [2.45, 2.75) is 77.5 Å². The average Bonchev–Trinajstić information content (AvgIpc) is 3.19. The molecule has 0 aliphatic heterocycles. The number of hydrogen-bond donors (Lipinski definition) is 1. The van der Waals surface area contributed by atoms with Crippen LogP contribution in [0.4, 0.5) is 0 Å². The van der Waals surface area contributed by atoms with Crippen molar-refractivity contribution in [1.82, 2.24) is 10.3 Å². The third kappa shape index (κ3) is 4.05. The third-order valence-electron chi connectivity index (χ3n) is 4.89. The van der Waals surface area contributed by atoms with Crippen molar-refractivity contribution in [2.75, 3.05) is 7.11 Å². The van der Waals surface area contributed by atoms with Gasteiger partial charge in [-0.2, -0.15) is 0 Å². The standard InChI is InChI=1S/C17H28N2OS/c1-17(2)8-6-12(7-9-17)16-19-14(11-20-3)15(21-16)10-18-13-4-5-13/h12-13,18H,4-11H2,1-3H3. The van der Waals surface area contributed by atoms with E-state index in [0.29, 0.717) is 17.9 Å². The summed E-state index contributed by atoms with van der Waals surface area (Å²) in [7, 11) is 1.76. The molecule has 0 saturated heterocycles. The van der Waals surface area contributed by atoms with Gasteiger partial charge in [0.15, 0.2) is 0 Å². The summed E-state index contributed by atoms with van der Waals surface area (Å²) in [6, 6.07) is 0.751. The van der Waals surface area contributed by atoms with Crippen molar-refractivity contribution in [3.63, 3.8) is 0 Å². The Bertz CT molecular complexity index is 469. The summed E-state index contributed by atoms with van der Waals surface area (Å²) in [5.74, 6) is 0.674. The predicted molar refractivity (Wildman–Crippen MR) is 87.7 cm³/mol. The molecule has 0 atom stereocenters. The summed E-state index contributed by atoms with van der Waals surface area (Å²) >= 11 is 1.92. The lowest BCUT2D eigenvalue weighted by atomic mass is 9.73. The first-order valence-electron chi connectivity index (χ1n) is 8.28. The van der Waals surface area contributed by atoms with Gasteiger partial charge in [-0.05, 0) is 43.9 Å². The molecule has 4 heteroatoms. The molecular formula is C17H28N2OS. The van der Waals surface area contributed by atoms with Gasteiger partial charge in [0.1, 0.15) is 0 Å². The number of aromatic nitrogens is 1. The Balaban J connectivity index is 1.68. The number of methoxy groups -OCH3 is 1. The molecule has 3 rings (SSSR count). The van der Waals surface area contributed by atoms with E-state index in [1.807, 2.05) is 11.3 Å². The van der Waals surface area contributed by atoms with Crippen molar-refractivity contribution in [3.05, 3.63) is 15.6 Å². The minimum atomic E-state index is 0.527. The molecule has 0 spiro atoms. The molecule has 1 aromatic heterocycles. The summed E-state index contributed by atoms with van der Waals surface area (Å²) in [6.45, 7) is 6.41. The highest BCUT2D eigenvalue weighted by molar-refractivity contribution is 7.11. The smallest absolute Gasteiger partial charge is 0.0963 e. The van der Waals surface area contributed by atoms with E-state index in [0.717, 1.165) is 18.3 Å². The van der Waals surface area contributed by atoms with Gasteiger partial charge >= 0.3 is 0 Å². The second kappa shape index (κ2) is 6.35. The van der Waals surface area contributed by atoms with E-state index in [1.165, 1.54) is 48.4 Å². The van der Waals surface area contributed by atoms with Crippen LogP contribution in [-0.2, 0) is 17.9 Å². The average molecular weight is 308 g/mol. The lowest BCUT2D eigenvalue weighted by Crippen LogP contribution is -2.20. The minimum Gasteiger partial charge on any atom is -0.378 e. The fourth-order valence-electron chi connectivity index (χ4n) is 3.14. The third-order valence-corrected chi connectivity index (χ3v) is 6.15. The maximum atomic E-state index is 5.34. The van der Waals surface area contributed by atoms with Crippen molar-refractivity contribution < 1.29 is 4.74 Å². The van der Waals surface area contributed by atoms with Gasteiger partial charge in [0.25, 0.3) is 0 Å². The van der Waals surface area contributed by atoms with Crippen molar-refractivity contribution in [1.29, 1.82) is 0 Å². The highest BCUT2D eigenvalue weighted by atomic mass is 32.1. The van der Waals surface area contributed by atoms with Crippen LogP contribution in [0.3, 0.4) is 0 Å². The van der Waals surface area contributed by atoms with E-state index in [-0.39, 0.29) is 0 Å². The Morgan fingerprint density at radius 2 is 1.95 bits per heavy atom. The van der Waals surface area contributed by atoms with Crippen LogP contribution < -0.4 is 5.32 Å². The van der Waals surface area contributed by atoms with Gasteiger partial charge in [-0.25, -0.2) is 4.98 Å². The molecule has 2 aliphatic carbocycles. The van der Waals surface area contributed by atoms with Crippen LogP contribution in [0.2, 0.25) is 0 Å². The Kier molecular flexibility index (Phi) is 4.67. The van der Waals surface area contributed by atoms with Crippen LogP contribution in [0, 0.1) is 5.41 Å². The van der Waals surface area contributed by atoms with Crippen LogP contribution in [0.25, 0.3) is 0 Å². The molecule has 1 N–H and O–H groups in total. The van der Waals surface area contributed by atoms with Crippen LogP contribution in [0.15, 0.2) is 0 Å². The van der Waals surface area contributed by atoms with Crippen LogP contribution in [0.5, 0.6) is 0 Å². The summed E-state index contributed by atoms with van der Waals surface area (Å²) < 4.78 is 5.34. The van der Waals surface area contributed by atoms with Gasteiger partial charge in [0, 0.05) is 30.5 Å². The van der Waals surface area contributed by atoms with Gasteiger partial charge < -0.3 is 10.1 Å². The van der Waals surface area contributed by atoms with Crippen LogP contribution in [-0.4, -0.2) is 18.1 Å². The number of nitrogens with zero attached hydrogens (tertiary/aromatic N) is 1. The molecule has 1 heterocycles. The van der Waals surface area contributed by atoms with E-state index in [9.17, 15) is 0 Å². The molecule has 0 radical (unpaired) electrons. The molecule has 0 bridgehead atoms. The lowest BCUT2D eigenvalue weighted by molar-refractivity contribution is 0.180. The van der Waals surface area contributed by atoms with E-state index in [4.69, 9.17) is 9.72 Å². The second-order valence-corrected chi connectivity index (χ2v) is 8.56. The monoisotopic (exact) mass is 308 g/mol. The maximum Gasteiger partial charge on any atom is 0.0963 e. The molecule has 0 aromatic carbocycles. The summed E-state index contributed by atoms with van der Waals surface area (Å²) in [6.07, 6.45) is 7.91. The molecule has 1 aromatic rings. The number of rotatable bonds is 6. The molecule has 2 aliphatic rings. The quantitative estimate of drug-likeness (QED) is 0.854. The number of ether oxygens (including phenoxy) is 1. The SMILES string of the molecule is COCc1nc(C2CCC(C)(C)CC2)sc1CNC1CC1. The van der Waals surface area contributed by atoms with Gasteiger partial charge in [-0.15, -0.1) is 11.3 Å². The number of thiazole rings is 1. The highest BCUT2D eigenvalue weighted by Crippen LogP contribution is 2.43. The lowest BCUT2D eigenvalue weighted by Gasteiger charge is -2.33. The normalized spacial score (nSPS) is 22.6. The molecule has 0 unspecified atom stereocenters. The van der Waals surface area contributed by atoms with E-state index < -0.39 is 0 Å². The van der Waals surface area contributed by atoms with Crippen molar-refractivity contribution >= 4 is 11.3 Å². The molecule has 2 fully saturated rings. The zero-order valence-electron chi connectivity index (χ0n) is 13.6. The summed E-state index contributed by atoms with van der Waals surface area (Å²) in [5, 5.41) is 4.97. The first-order valence-corrected chi connectivity index (χ1v) is 9.10. The van der Waals surface area contributed by atoms with E-state index in [1.54, 1.807) is 7.11 Å². The Labute approximate surface area is 132 Å². The molecule has 3 nitrogen and oxygen atoms in total. The zero-order valence-corrected chi connectivity index (χ0v) is 14.4. The molecule has 118 valence electrons. The fourth-order valence-corrected chi connectivity index (χ4v) is 4.32. The van der Waals surface area contributed by atoms with Gasteiger partial charge in [0.05, 0.1) is 17.3 Å². The van der Waals surface area contributed by atoms with Gasteiger partial charge in [0.2, 0.25) is 0 Å². The van der Waals surface area contributed by atoms with Crippen LogP contribution in [0.1, 0.15) is 73.9 Å². The first-order chi connectivity index (χ1) is 10.1. The Morgan fingerprint density at radius 3 is 2.57 bits per heavy atom. The number of nitrogens with one attached hydrogen (secondary N) is 1. The minimum absolute atomic E-state index is 0.527. The Hall–Kier alpha value is -0.450. The van der Waals surface area contributed by atoms with Gasteiger partial charge in [-0.1, -0.05) is 13.8 Å². The largest absolute Gasteiger partial charge is 0.378 e.